The van der Waals surface area contributed by atoms with Gasteiger partial charge >= 0.3 is 5.97 Å². The number of nitrogens with zero attached hydrogens (tertiary/aromatic N) is 2. The van der Waals surface area contributed by atoms with Crippen LogP contribution in [0.1, 0.15) is 6.92 Å². The number of hydrogen-bond donors (Lipinski definition) is 2. The molecule has 0 aliphatic carbocycles. The molecule has 0 saturated carbocycles. The van der Waals surface area contributed by atoms with Gasteiger partial charge in [0.05, 0.1) is 0 Å². The Hall–Kier alpha value is -1.80. The van der Waals surface area contributed by atoms with Crippen molar-refractivity contribution in [3.05, 3.63) is 24.3 Å². The van der Waals surface area contributed by atoms with E-state index in [1.807, 2.05) is 23.1 Å². The minimum absolute atomic E-state index is 0.273. The van der Waals surface area contributed by atoms with Crippen molar-refractivity contribution in [1.29, 1.82) is 0 Å². The van der Waals surface area contributed by atoms with E-state index >= 15 is 0 Å². The molecule has 1 aliphatic heterocycles. The van der Waals surface area contributed by atoms with E-state index in [9.17, 15) is 13.2 Å². The third kappa shape index (κ3) is 3.27. The van der Waals surface area contributed by atoms with Crippen LogP contribution in [0.4, 0.5) is 11.4 Å². The van der Waals surface area contributed by atoms with Crippen molar-refractivity contribution in [2.45, 2.75) is 12.2 Å². The highest BCUT2D eigenvalue weighted by Crippen LogP contribution is 2.21. The molecule has 1 unspecified atom stereocenters. The summed E-state index contributed by atoms with van der Waals surface area (Å²) in [5.74, 6) is -1.33. The molecule has 8 heteroatoms. The number of hydrogen-bond acceptors (Lipinski definition) is 5. The first-order chi connectivity index (χ1) is 9.82. The van der Waals surface area contributed by atoms with Crippen LogP contribution in [0.25, 0.3) is 0 Å². The first-order valence-corrected chi connectivity index (χ1v) is 8.15. The Bertz CT molecular complexity index is 624. The number of sulfonamides is 1. The van der Waals surface area contributed by atoms with E-state index in [4.69, 9.17) is 10.8 Å². The molecule has 1 fully saturated rings. The summed E-state index contributed by atoms with van der Waals surface area (Å²) in [6.45, 7) is 2.76. The summed E-state index contributed by atoms with van der Waals surface area (Å²) in [6.07, 6.45) is 0. The van der Waals surface area contributed by atoms with Crippen molar-refractivity contribution in [3.63, 3.8) is 0 Å². The number of carboxylic acids is 1. The summed E-state index contributed by atoms with van der Waals surface area (Å²) in [5, 5.41) is 7.46. The topological polar surface area (TPSA) is 104 Å². The Kier molecular flexibility index (Phi) is 4.38. The average molecular weight is 313 g/mol. The van der Waals surface area contributed by atoms with Crippen molar-refractivity contribution in [1.82, 2.24) is 4.31 Å². The van der Waals surface area contributed by atoms with Gasteiger partial charge in [0.25, 0.3) is 0 Å². The predicted molar refractivity (Wildman–Crippen MR) is 80.7 cm³/mol. The van der Waals surface area contributed by atoms with Crippen LogP contribution in [0.15, 0.2) is 24.3 Å². The molecule has 1 aromatic rings. The first-order valence-electron chi connectivity index (χ1n) is 6.64. The average Bonchev–Trinajstić information content (AvgIpc) is 2.46. The number of aliphatic carboxylic acids is 1. The Morgan fingerprint density at radius 2 is 1.90 bits per heavy atom. The second kappa shape index (κ2) is 5.90. The lowest BCUT2D eigenvalue weighted by molar-refractivity contribution is -0.136. The van der Waals surface area contributed by atoms with Gasteiger partial charge in [-0.3, -0.25) is 4.79 Å². The second-order valence-electron chi connectivity index (χ2n) is 5.01. The van der Waals surface area contributed by atoms with Crippen LogP contribution < -0.4 is 10.6 Å². The summed E-state index contributed by atoms with van der Waals surface area (Å²) in [7, 11) is -3.79. The van der Waals surface area contributed by atoms with Crippen molar-refractivity contribution in [2.75, 3.05) is 36.8 Å². The molecule has 21 heavy (non-hydrogen) atoms. The predicted octanol–water partition coefficient (Wildman–Crippen LogP) is 0.194. The normalized spacial score (nSPS) is 18.4. The smallest absolute Gasteiger partial charge is 0.323 e. The molecule has 1 saturated heterocycles. The molecule has 3 N–H and O–H groups in total. The Morgan fingerprint density at radius 3 is 2.43 bits per heavy atom. The maximum Gasteiger partial charge on any atom is 0.323 e. The van der Waals surface area contributed by atoms with Gasteiger partial charge in [0.1, 0.15) is 0 Å². The van der Waals surface area contributed by atoms with Crippen molar-refractivity contribution in [2.24, 2.45) is 0 Å². The molecule has 0 radical (unpaired) electrons. The van der Waals surface area contributed by atoms with E-state index < -0.39 is 21.2 Å². The molecule has 1 atom stereocenters. The number of rotatable bonds is 4. The minimum Gasteiger partial charge on any atom is -0.480 e. The summed E-state index contributed by atoms with van der Waals surface area (Å²) >= 11 is 0. The van der Waals surface area contributed by atoms with Crippen molar-refractivity contribution in [3.8, 4) is 0 Å². The van der Waals surface area contributed by atoms with Gasteiger partial charge < -0.3 is 15.7 Å². The second-order valence-corrected chi connectivity index (χ2v) is 7.26. The zero-order chi connectivity index (χ0) is 15.6. The third-order valence-corrected chi connectivity index (χ3v) is 5.81. The number of piperazine rings is 1. The summed E-state index contributed by atoms with van der Waals surface area (Å²) in [5.41, 5.74) is 7.33. The maximum atomic E-state index is 12.1. The van der Waals surface area contributed by atoms with Gasteiger partial charge in [-0.1, -0.05) is 6.07 Å². The van der Waals surface area contributed by atoms with E-state index in [1.165, 1.54) is 11.2 Å². The van der Waals surface area contributed by atoms with Crippen LogP contribution in [0, 0.1) is 0 Å². The molecule has 0 amide bonds. The van der Waals surface area contributed by atoms with E-state index in [0.717, 1.165) is 5.69 Å². The van der Waals surface area contributed by atoms with Crippen molar-refractivity contribution < 1.29 is 18.3 Å². The molecule has 116 valence electrons. The number of anilines is 2. The summed E-state index contributed by atoms with van der Waals surface area (Å²) < 4.78 is 25.5. The number of carboxylic acid groups (broad SMARTS) is 1. The molecule has 0 spiro atoms. The monoisotopic (exact) mass is 313 g/mol. The number of nitrogens with two attached hydrogens (primary N) is 1. The van der Waals surface area contributed by atoms with Crippen LogP contribution in [-0.2, 0) is 14.8 Å². The quantitative estimate of drug-likeness (QED) is 0.769. The molecule has 1 aromatic carbocycles. The molecule has 7 nitrogen and oxygen atoms in total. The SMILES string of the molecule is CC(C(=O)O)S(=O)(=O)N1CCN(c2cccc(N)c2)CC1. The highest BCUT2D eigenvalue weighted by molar-refractivity contribution is 7.90. The third-order valence-electron chi connectivity index (χ3n) is 3.63. The number of carbonyl (C=O) groups is 1. The van der Waals surface area contributed by atoms with Crippen LogP contribution in [0.2, 0.25) is 0 Å². The van der Waals surface area contributed by atoms with E-state index in [-0.39, 0.29) is 13.1 Å². The fraction of sp³-hybridized carbons (Fsp3) is 0.462. The summed E-state index contributed by atoms with van der Waals surface area (Å²) in [6, 6.07) is 7.39. The molecule has 1 heterocycles. The zero-order valence-electron chi connectivity index (χ0n) is 11.8. The Labute approximate surface area is 124 Å². The highest BCUT2D eigenvalue weighted by Gasteiger charge is 2.35. The van der Waals surface area contributed by atoms with E-state index in [0.29, 0.717) is 18.8 Å². The Balaban J connectivity index is 2.05. The van der Waals surface area contributed by atoms with Gasteiger partial charge in [0.15, 0.2) is 5.25 Å². The maximum absolute atomic E-state index is 12.1. The van der Waals surface area contributed by atoms with Crippen LogP contribution >= 0.6 is 0 Å². The Morgan fingerprint density at radius 1 is 1.29 bits per heavy atom. The largest absolute Gasteiger partial charge is 0.480 e. The minimum atomic E-state index is -3.79. The van der Waals surface area contributed by atoms with Crippen LogP contribution in [0.5, 0.6) is 0 Å². The van der Waals surface area contributed by atoms with E-state index in [1.54, 1.807) is 6.07 Å². The standard InChI is InChI=1S/C13H19N3O4S/c1-10(13(17)18)21(19,20)16-7-5-15(6-8-16)12-4-2-3-11(14)9-12/h2-4,9-10H,5-8,14H2,1H3,(H,17,18). The molecule has 0 aromatic heterocycles. The van der Waals surface area contributed by atoms with Crippen LogP contribution in [-0.4, -0.2) is 55.2 Å². The molecular weight excluding hydrogens is 294 g/mol. The molecular formula is C13H19N3O4S. The van der Waals surface area contributed by atoms with E-state index in [2.05, 4.69) is 0 Å². The van der Waals surface area contributed by atoms with Gasteiger partial charge in [-0.15, -0.1) is 0 Å². The lowest BCUT2D eigenvalue weighted by Gasteiger charge is -2.36. The molecule has 2 rings (SSSR count). The lowest BCUT2D eigenvalue weighted by atomic mass is 10.2. The van der Waals surface area contributed by atoms with Gasteiger partial charge in [0, 0.05) is 37.6 Å². The highest BCUT2D eigenvalue weighted by atomic mass is 32.2. The van der Waals surface area contributed by atoms with Gasteiger partial charge in [-0.25, -0.2) is 8.42 Å². The van der Waals surface area contributed by atoms with Crippen LogP contribution in [0.3, 0.4) is 0 Å². The van der Waals surface area contributed by atoms with Crippen molar-refractivity contribution >= 4 is 27.4 Å². The number of benzene rings is 1. The first kappa shape index (κ1) is 15.6. The van der Waals surface area contributed by atoms with Gasteiger partial charge in [0.2, 0.25) is 10.0 Å². The number of nitrogen functional groups attached to an aromatic ring is 1. The van der Waals surface area contributed by atoms with Gasteiger partial charge in [-0.05, 0) is 25.1 Å². The lowest BCUT2D eigenvalue weighted by Crippen LogP contribution is -2.51. The fourth-order valence-electron chi connectivity index (χ4n) is 2.27. The zero-order valence-corrected chi connectivity index (χ0v) is 12.6. The fourth-order valence-corrected chi connectivity index (χ4v) is 3.65. The molecule has 1 aliphatic rings. The van der Waals surface area contributed by atoms with Gasteiger partial charge in [-0.2, -0.15) is 4.31 Å². The molecule has 0 bridgehead atoms. The summed E-state index contributed by atoms with van der Waals surface area (Å²) in [4.78, 5) is 12.9.